The Morgan fingerprint density at radius 3 is 2.52 bits per heavy atom. The molecule has 1 saturated carbocycles. The number of nitrogens with zero attached hydrogens (tertiary/aromatic N) is 2. The van der Waals surface area contributed by atoms with Crippen molar-refractivity contribution >= 4 is 23.3 Å². The molecule has 3 rings (SSSR count). The number of hydrogen-bond donors (Lipinski definition) is 3. The van der Waals surface area contributed by atoms with Crippen LogP contribution < -0.4 is 16.0 Å². The first-order valence-electron chi connectivity index (χ1n) is 8.34. The summed E-state index contributed by atoms with van der Waals surface area (Å²) in [6, 6.07) is 8.76. The quantitative estimate of drug-likeness (QED) is 0.725. The molecule has 0 saturated heterocycles. The maximum absolute atomic E-state index is 12.3. The second kappa shape index (κ2) is 7.74. The van der Waals surface area contributed by atoms with Gasteiger partial charge in [0, 0.05) is 13.2 Å². The maximum Gasteiger partial charge on any atom is 0.313 e. The molecule has 1 unspecified atom stereocenters. The van der Waals surface area contributed by atoms with Crippen LogP contribution in [-0.2, 0) is 9.59 Å². The van der Waals surface area contributed by atoms with Gasteiger partial charge in [0.05, 0.1) is 23.6 Å². The average Bonchev–Trinajstić information content (AvgIpc) is 2.61. The number of nitrogens with one attached hydrogen (secondary N) is 3. The molecule has 1 atom stereocenters. The Balaban J connectivity index is 1.65. The molecule has 1 aliphatic rings. The van der Waals surface area contributed by atoms with E-state index in [4.69, 9.17) is 0 Å². The standard InChI is InChI=1S/C18H21N5O2/c1-19-15-9-8-13(11-21-15)22-17(24)18(25)23-16(12-5-4-6-12)14-7-2-3-10-20-14/h2-3,7-12,16H,4-6H2,1H3,(H,19,21)(H,22,24)(H,23,25). The van der Waals surface area contributed by atoms with E-state index in [2.05, 4.69) is 25.9 Å². The highest BCUT2D eigenvalue weighted by Crippen LogP contribution is 2.36. The molecule has 0 bridgehead atoms. The van der Waals surface area contributed by atoms with Gasteiger partial charge in [0.25, 0.3) is 0 Å². The summed E-state index contributed by atoms with van der Waals surface area (Å²) in [5, 5.41) is 8.28. The van der Waals surface area contributed by atoms with Gasteiger partial charge in [-0.1, -0.05) is 12.5 Å². The summed E-state index contributed by atoms with van der Waals surface area (Å²) in [7, 11) is 1.76. The van der Waals surface area contributed by atoms with Crippen LogP contribution in [0.5, 0.6) is 0 Å². The van der Waals surface area contributed by atoms with Crippen LogP contribution in [0, 0.1) is 5.92 Å². The Labute approximate surface area is 146 Å². The Morgan fingerprint density at radius 2 is 1.96 bits per heavy atom. The summed E-state index contributed by atoms with van der Waals surface area (Å²) < 4.78 is 0. The molecule has 7 heteroatoms. The predicted octanol–water partition coefficient (Wildman–Crippen LogP) is 2.11. The van der Waals surface area contributed by atoms with Crippen LogP contribution in [0.3, 0.4) is 0 Å². The smallest absolute Gasteiger partial charge is 0.313 e. The third-order valence-corrected chi connectivity index (χ3v) is 4.40. The number of anilines is 2. The maximum atomic E-state index is 12.3. The van der Waals surface area contributed by atoms with Crippen molar-refractivity contribution in [2.75, 3.05) is 17.7 Å². The van der Waals surface area contributed by atoms with E-state index in [0.717, 1.165) is 25.0 Å². The molecule has 1 fully saturated rings. The van der Waals surface area contributed by atoms with E-state index in [1.54, 1.807) is 25.4 Å². The van der Waals surface area contributed by atoms with Crippen molar-refractivity contribution in [3.63, 3.8) is 0 Å². The molecule has 2 amide bonds. The molecule has 2 aromatic rings. The van der Waals surface area contributed by atoms with Gasteiger partial charge < -0.3 is 16.0 Å². The van der Waals surface area contributed by atoms with Crippen molar-refractivity contribution in [1.29, 1.82) is 0 Å². The molecule has 0 aliphatic heterocycles. The van der Waals surface area contributed by atoms with Crippen molar-refractivity contribution in [2.45, 2.75) is 25.3 Å². The Hall–Kier alpha value is -2.96. The minimum absolute atomic E-state index is 0.238. The van der Waals surface area contributed by atoms with Crippen LogP contribution in [0.15, 0.2) is 42.7 Å². The highest BCUT2D eigenvalue weighted by molar-refractivity contribution is 6.39. The number of carbonyl (C=O) groups excluding carboxylic acids is 2. The average molecular weight is 339 g/mol. The number of hydrogen-bond acceptors (Lipinski definition) is 5. The summed E-state index contributed by atoms with van der Waals surface area (Å²) >= 11 is 0. The second-order valence-electron chi connectivity index (χ2n) is 6.03. The van der Waals surface area contributed by atoms with Gasteiger partial charge in [0.2, 0.25) is 0 Å². The van der Waals surface area contributed by atoms with Crippen LogP contribution in [0.25, 0.3) is 0 Å². The summed E-state index contributed by atoms with van der Waals surface area (Å²) in [6.07, 6.45) is 6.39. The predicted molar refractivity (Wildman–Crippen MR) is 94.9 cm³/mol. The molecule has 1 aliphatic carbocycles. The van der Waals surface area contributed by atoms with Gasteiger partial charge in [0.1, 0.15) is 5.82 Å². The molecule has 7 nitrogen and oxygen atoms in total. The molecule has 0 radical (unpaired) electrons. The van der Waals surface area contributed by atoms with E-state index in [9.17, 15) is 9.59 Å². The van der Waals surface area contributed by atoms with Crippen molar-refractivity contribution in [1.82, 2.24) is 15.3 Å². The van der Waals surface area contributed by atoms with Crippen LogP contribution in [0.1, 0.15) is 31.0 Å². The van der Waals surface area contributed by atoms with Gasteiger partial charge in [-0.05, 0) is 43.0 Å². The molecular formula is C18H21N5O2. The Kier molecular flexibility index (Phi) is 5.23. The normalized spacial score (nSPS) is 14.9. The van der Waals surface area contributed by atoms with Gasteiger partial charge in [0.15, 0.2) is 0 Å². The first-order valence-corrected chi connectivity index (χ1v) is 8.34. The number of rotatable bonds is 5. The van der Waals surface area contributed by atoms with Gasteiger partial charge in [-0.25, -0.2) is 4.98 Å². The summed E-state index contributed by atoms with van der Waals surface area (Å²) in [4.78, 5) is 32.9. The van der Waals surface area contributed by atoms with E-state index in [1.165, 1.54) is 6.20 Å². The van der Waals surface area contributed by atoms with Crippen LogP contribution in [0.2, 0.25) is 0 Å². The van der Waals surface area contributed by atoms with Crippen molar-refractivity contribution in [3.05, 3.63) is 48.4 Å². The zero-order valence-corrected chi connectivity index (χ0v) is 14.0. The molecular weight excluding hydrogens is 318 g/mol. The molecule has 0 spiro atoms. The van der Waals surface area contributed by atoms with Gasteiger partial charge in [-0.3, -0.25) is 14.6 Å². The minimum Gasteiger partial charge on any atom is -0.373 e. The lowest BCUT2D eigenvalue weighted by Crippen LogP contribution is -2.42. The SMILES string of the molecule is CNc1ccc(NC(=O)C(=O)NC(c2ccccn2)C2CCC2)cn1. The molecule has 2 aromatic heterocycles. The van der Waals surface area contributed by atoms with Crippen molar-refractivity contribution < 1.29 is 9.59 Å². The van der Waals surface area contributed by atoms with E-state index >= 15 is 0 Å². The Morgan fingerprint density at radius 1 is 1.12 bits per heavy atom. The largest absolute Gasteiger partial charge is 0.373 e. The zero-order chi connectivity index (χ0) is 17.6. The number of amides is 2. The second-order valence-corrected chi connectivity index (χ2v) is 6.03. The summed E-state index contributed by atoms with van der Waals surface area (Å²) in [5.74, 6) is -0.370. The summed E-state index contributed by atoms with van der Waals surface area (Å²) in [5.41, 5.74) is 1.26. The van der Waals surface area contributed by atoms with E-state index in [0.29, 0.717) is 17.4 Å². The van der Waals surface area contributed by atoms with Gasteiger partial charge >= 0.3 is 11.8 Å². The molecule has 130 valence electrons. The highest BCUT2D eigenvalue weighted by Gasteiger charge is 2.32. The summed E-state index contributed by atoms with van der Waals surface area (Å²) in [6.45, 7) is 0. The topological polar surface area (TPSA) is 96.0 Å². The third kappa shape index (κ3) is 4.12. The number of carbonyl (C=O) groups is 2. The van der Waals surface area contributed by atoms with Crippen molar-refractivity contribution in [3.8, 4) is 0 Å². The first kappa shape index (κ1) is 16.9. The molecule has 2 heterocycles. The van der Waals surface area contributed by atoms with Crippen molar-refractivity contribution in [2.24, 2.45) is 5.92 Å². The lowest BCUT2D eigenvalue weighted by molar-refractivity contribution is -0.137. The van der Waals surface area contributed by atoms with Crippen LogP contribution in [0.4, 0.5) is 11.5 Å². The lowest BCUT2D eigenvalue weighted by Gasteiger charge is -2.33. The van der Waals surface area contributed by atoms with E-state index in [1.807, 2.05) is 18.2 Å². The lowest BCUT2D eigenvalue weighted by atomic mass is 9.78. The van der Waals surface area contributed by atoms with E-state index in [-0.39, 0.29) is 6.04 Å². The van der Waals surface area contributed by atoms with Crippen LogP contribution in [-0.4, -0.2) is 28.8 Å². The molecule has 25 heavy (non-hydrogen) atoms. The van der Waals surface area contributed by atoms with Crippen LogP contribution >= 0.6 is 0 Å². The number of pyridine rings is 2. The van der Waals surface area contributed by atoms with Gasteiger partial charge in [-0.15, -0.1) is 0 Å². The Bertz CT molecular complexity index is 729. The fraction of sp³-hybridized carbons (Fsp3) is 0.333. The first-order chi connectivity index (χ1) is 12.2. The van der Waals surface area contributed by atoms with E-state index < -0.39 is 11.8 Å². The fourth-order valence-electron chi connectivity index (χ4n) is 2.78. The molecule has 0 aromatic carbocycles. The highest BCUT2D eigenvalue weighted by atomic mass is 16.2. The van der Waals surface area contributed by atoms with Gasteiger partial charge in [-0.2, -0.15) is 0 Å². The molecule has 3 N–H and O–H groups in total. The monoisotopic (exact) mass is 339 g/mol. The third-order valence-electron chi connectivity index (χ3n) is 4.40. The minimum atomic E-state index is -0.709. The zero-order valence-electron chi connectivity index (χ0n) is 14.0. The number of aromatic nitrogens is 2. The fourth-order valence-corrected chi connectivity index (χ4v) is 2.78.